The second-order valence-electron chi connectivity index (χ2n) is 8.26. The van der Waals surface area contributed by atoms with Gasteiger partial charge in [0.15, 0.2) is 6.39 Å². The molecule has 0 unspecified atom stereocenters. The molecule has 0 atom stereocenters. The molecule has 5 aromatic rings. The summed E-state index contributed by atoms with van der Waals surface area (Å²) in [5.74, 6) is 2.68. The van der Waals surface area contributed by atoms with Gasteiger partial charge >= 0.3 is 0 Å². The maximum absolute atomic E-state index is 13.9. The largest absolute Gasteiger partial charge is 0.497 e. The van der Waals surface area contributed by atoms with Gasteiger partial charge in [-0.25, -0.2) is 9.97 Å². The number of thiophene rings is 1. The van der Waals surface area contributed by atoms with Crippen LogP contribution in [0.5, 0.6) is 5.75 Å². The average Bonchev–Trinajstić information content (AvgIpc) is 3.41. The first-order valence-corrected chi connectivity index (χ1v) is 12.0. The van der Waals surface area contributed by atoms with Gasteiger partial charge in [-0.1, -0.05) is 17.7 Å². The van der Waals surface area contributed by atoms with Crippen molar-refractivity contribution in [1.29, 1.82) is 0 Å². The number of rotatable bonds is 6. The van der Waals surface area contributed by atoms with Crippen molar-refractivity contribution in [3.8, 4) is 17.1 Å². The van der Waals surface area contributed by atoms with Gasteiger partial charge in [0.1, 0.15) is 22.2 Å². The van der Waals surface area contributed by atoms with Crippen LogP contribution in [0.2, 0.25) is 5.02 Å². The van der Waals surface area contributed by atoms with E-state index >= 15 is 0 Å². The maximum atomic E-state index is 13.9. The number of ether oxygens (including phenoxy) is 1. The van der Waals surface area contributed by atoms with E-state index in [2.05, 4.69) is 11.1 Å². The minimum absolute atomic E-state index is 0.0550. The van der Waals surface area contributed by atoms with E-state index in [0.29, 0.717) is 35.1 Å². The number of nitrogens with zero attached hydrogens (tertiary/aromatic N) is 3. The smallest absolute Gasteiger partial charge is 0.263 e. The van der Waals surface area contributed by atoms with Crippen LogP contribution in [0.3, 0.4) is 0 Å². The maximum Gasteiger partial charge on any atom is 0.263 e. The molecule has 1 aliphatic carbocycles. The van der Waals surface area contributed by atoms with Crippen LogP contribution in [-0.2, 0) is 13.0 Å². The monoisotopic (exact) mass is 477 g/mol. The summed E-state index contributed by atoms with van der Waals surface area (Å²) in [6.45, 7) is 0.438. The summed E-state index contributed by atoms with van der Waals surface area (Å²) < 4.78 is 13.6. The van der Waals surface area contributed by atoms with E-state index in [9.17, 15) is 4.79 Å². The molecule has 6 nitrogen and oxygen atoms in total. The number of aryl methyl sites for hydroxylation is 1. The van der Waals surface area contributed by atoms with E-state index < -0.39 is 0 Å². The van der Waals surface area contributed by atoms with Gasteiger partial charge in [-0.3, -0.25) is 9.36 Å². The number of fused-ring (bicyclic) bond motifs is 3. The van der Waals surface area contributed by atoms with Gasteiger partial charge in [0.2, 0.25) is 0 Å². The summed E-state index contributed by atoms with van der Waals surface area (Å²) in [7, 11) is 1.67. The van der Waals surface area contributed by atoms with Crippen LogP contribution in [0.15, 0.2) is 58.2 Å². The molecular formula is C25H20ClN3O3S. The van der Waals surface area contributed by atoms with Gasteiger partial charge in [-0.05, 0) is 54.7 Å². The van der Waals surface area contributed by atoms with Crippen molar-refractivity contribution in [3.63, 3.8) is 0 Å². The Labute approximate surface area is 198 Å². The number of aromatic nitrogens is 3. The Morgan fingerprint density at radius 1 is 1.24 bits per heavy atom. The third-order valence-corrected chi connectivity index (χ3v) is 7.42. The molecule has 6 rings (SSSR count). The van der Waals surface area contributed by atoms with Crippen LogP contribution in [0, 0.1) is 0 Å². The molecule has 0 radical (unpaired) electrons. The highest BCUT2D eigenvalue weighted by atomic mass is 35.5. The molecule has 3 heterocycles. The Balaban J connectivity index is 1.60. The average molecular weight is 478 g/mol. The van der Waals surface area contributed by atoms with Gasteiger partial charge in [0.05, 0.1) is 18.7 Å². The fraction of sp³-hybridized carbons (Fsp3) is 0.240. The van der Waals surface area contributed by atoms with Crippen molar-refractivity contribution < 1.29 is 9.15 Å². The van der Waals surface area contributed by atoms with Gasteiger partial charge in [0.25, 0.3) is 5.56 Å². The van der Waals surface area contributed by atoms with E-state index in [1.165, 1.54) is 23.3 Å². The van der Waals surface area contributed by atoms with E-state index in [1.54, 1.807) is 17.9 Å². The molecule has 0 amide bonds. The van der Waals surface area contributed by atoms with E-state index in [0.717, 1.165) is 44.8 Å². The predicted molar refractivity (Wildman–Crippen MR) is 131 cm³/mol. The van der Waals surface area contributed by atoms with Crippen molar-refractivity contribution in [2.45, 2.75) is 31.7 Å². The first-order chi connectivity index (χ1) is 16.1. The molecule has 33 heavy (non-hydrogen) atoms. The van der Waals surface area contributed by atoms with Gasteiger partial charge in [-0.2, -0.15) is 0 Å². The minimum atomic E-state index is -0.0550. The molecule has 0 spiro atoms. The Morgan fingerprint density at radius 3 is 2.88 bits per heavy atom. The van der Waals surface area contributed by atoms with Gasteiger partial charge in [-0.15, -0.1) is 11.3 Å². The Bertz CT molecular complexity index is 1550. The number of methoxy groups -OCH3 is 1. The van der Waals surface area contributed by atoms with Crippen LogP contribution >= 0.6 is 22.9 Å². The Hall–Kier alpha value is -3.16. The van der Waals surface area contributed by atoms with Crippen LogP contribution in [0.4, 0.5) is 0 Å². The van der Waals surface area contributed by atoms with Crippen LogP contribution in [-0.4, -0.2) is 21.6 Å². The Morgan fingerprint density at radius 2 is 2.12 bits per heavy atom. The minimum Gasteiger partial charge on any atom is -0.497 e. The number of hydrogen-bond donors (Lipinski definition) is 0. The third kappa shape index (κ3) is 3.61. The quantitative estimate of drug-likeness (QED) is 0.298. The first kappa shape index (κ1) is 20.4. The lowest BCUT2D eigenvalue weighted by Crippen LogP contribution is -2.24. The molecule has 1 fully saturated rings. The molecule has 166 valence electrons. The van der Waals surface area contributed by atoms with Crippen molar-refractivity contribution in [3.05, 3.63) is 75.7 Å². The summed E-state index contributed by atoms with van der Waals surface area (Å²) >= 11 is 7.72. The summed E-state index contributed by atoms with van der Waals surface area (Å²) in [5.41, 5.74) is 2.10. The molecule has 0 saturated heterocycles. The van der Waals surface area contributed by atoms with E-state index in [1.807, 2.05) is 30.3 Å². The zero-order valence-corrected chi connectivity index (χ0v) is 19.4. The molecule has 0 bridgehead atoms. The molecule has 1 saturated carbocycles. The topological polar surface area (TPSA) is 70.2 Å². The lowest BCUT2D eigenvalue weighted by Gasteiger charge is -2.16. The highest BCUT2D eigenvalue weighted by Crippen LogP contribution is 2.45. The predicted octanol–water partition coefficient (Wildman–Crippen LogP) is 6.05. The fourth-order valence-corrected chi connectivity index (χ4v) is 5.68. The summed E-state index contributed by atoms with van der Waals surface area (Å²) in [5, 5.41) is 2.16. The molecular weight excluding hydrogens is 458 g/mol. The second-order valence-corrected chi connectivity index (χ2v) is 9.73. The Kier molecular flexibility index (Phi) is 4.96. The van der Waals surface area contributed by atoms with Crippen LogP contribution in [0.1, 0.15) is 30.1 Å². The van der Waals surface area contributed by atoms with Crippen molar-refractivity contribution in [2.75, 3.05) is 7.11 Å². The van der Waals surface area contributed by atoms with E-state index in [4.69, 9.17) is 25.7 Å². The zero-order chi connectivity index (χ0) is 22.5. The second kappa shape index (κ2) is 8.01. The fourth-order valence-electron chi connectivity index (χ4n) is 4.33. The van der Waals surface area contributed by atoms with Crippen molar-refractivity contribution >= 4 is 43.2 Å². The number of oxazole rings is 1. The molecule has 8 heteroatoms. The molecule has 2 aromatic carbocycles. The van der Waals surface area contributed by atoms with Gasteiger partial charge in [0, 0.05) is 33.6 Å². The third-order valence-electron chi connectivity index (χ3n) is 6.14. The summed E-state index contributed by atoms with van der Waals surface area (Å²) in [6.07, 6.45) is 5.90. The summed E-state index contributed by atoms with van der Waals surface area (Å²) in [4.78, 5) is 23.7. The van der Waals surface area contributed by atoms with E-state index in [-0.39, 0.29) is 5.56 Å². The first-order valence-electron chi connectivity index (χ1n) is 10.8. The molecule has 1 aliphatic rings. The lowest BCUT2D eigenvalue weighted by molar-refractivity contribution is 0.414. The van der Waals surface area contributed by atoms with Gasteiger partial charge < -0.3 is 9.15 Å². The highest BCUT2D eigenvalue weighted by molar-refractivity contribution is 7.25. The molecule has 0 N–H and O–H groups in total. The standard InChI is InChI=1S/C25H20ClN3O3S/c1-31-16-5-7-18(20(11-16)14-2-3-14)23-28-24-22(19-6-4-15(26)10-21(19)33-24)25(30)29(23)9-8-17-12-27-13-32-17/h4-7,10-14H,2-3,8-9H2,1H3. The number of benzene rings is 2. The van der Waals surface area contributed by atoms with Crippen LogP contribution in [0.25, 0.3) is 31.7 Å². The summed E-state index contributed by atoms with van der Waals surface area (Å²) in [6, 6.07) is 11.7. The van der Waals surface area contributed by atoms with Crippen molar-refractivity contribution in [2.24, 2.45) is 0 Å². The van der Waals surface area contributed by atoms with Crippen LogP contribution < -0.4 is 10.3 Å². The zero-order valence-electron chi connectivity index (χ0n) is 17.9. The molecule has 3 aromatic heterocycles. The number of halogens is 1. The lowest BCUT2D eigenvalue weighted by atomic mass is 10.0. The highest BCUT2D eigenvalue weighted by Gasteiger charge is 2.29. The van der Waals surface area contributed by atoms with Crippen molar-refractivity contribution in [1.82, 2.24) is 14.5 Å². The molecule has 0 aliphatic heterocycles. The SMILES string of the molecule is COc1ccc(-c2nc3sc4cc(Cl)ccc4c3c(=O)n2CCc2cnco2)c(C2CC2)c1. The number of hydrogen-bond acceptors (Lipinski definition) is 6. The normalized spacial score (nSPS) is 13.8.